The molecule has 0 unspecified atom stereocenters. The molecule has 390 valence electrons. The van der Waals surface area contributed by atoms with Crippen molar-refractivity contribution in [2.45, 2.75) is 20.8 Å². The van der Waals surface area contributed by atoms with Gasteiger partial charge in [0, 0.05) is 40.8 Å². The molecule has 0 aliphatic rings. The highest BCUT2D eigenvalue weighted by Crippen LogP contribution is 2.44. The van der Waals surface area contributed by atoms with Gasteiger partial charge in [0.1, 0.15) is 11.6 Å². The zero-order valence-corrected chi connectivity index (χ0v) is 45.8. The number of hydrogen-bond acceptors (Lipinski definition) is 6. The van der Waals surface area contributed by atoms with Crippen LogP contribution in [0.15, 0.2) is 286 Å². The molecule has 0 spiro atoms. The molecule has 0 radical (unpaired) electrons. The zero-order valence-electron chi connectivity index (χ0n) is 45.8. The number of hydrogen-bond donors (Lipinski definition) is 0. The first-order chi connectivity index (χ1) is 40.4. The largest absolute Gasteiger partial charge is 0.278 e. The Morgan fingerprint density at radius 3 is 1.09 bits per heavy atom. The molecule has 0 amide bonds. The van der Waals surface area contributed by atoms with Crippen molar-refractivity contribution < 1.29 is 0 Å². The predicted molar refractivity (Wildman–Crippen MR) is 339 cm³/mol. The molecule has 82 heavy (non-hydrogen) atoms. The minimum atomic E-state index is 0.622. The Morgan fingerprint density at radius 1 is 0.256 bits per heavy atom. The number of benzene rings is 9. The smallest absolute Gasteiger partial charge is 0.161 e. The van der Waals surface area contributed by atoms with Gasteiger partial charge in [-0.3, -0.25) is 14.9 Å². The van der Waals surface area contributed by atoms with Crippen LogP contribution in [0.5, 0.6) is 0 Å². The molecular formula is C76H56N6. The van der Waals surface area contributed by atoms with Crippen molar-refractivity contribution in [2.75, 3.05) is 4.90 Å². The third-order valence-corrected chi connectivity index (χ3v) is 15.2. The monoisotopic (exact) mass is 1050 g/mol. The Labute approximate surface area is 479 Å². The zero-order chi connectivity index (χ0) is 55.4. The fourth-order valence-electron chi connectivity index (χ4n) is 11.4. The van der Waals surface area contributed by atoms with E-state index in [1.165, 1.54) is 5.56 Å². The van der Waals surface area contributed by atoms with Crippen LogP contribution in [0.2, 0.25) is 0 Å². The molecule has 0 atom stereocenters. The van der Waals surface area contributed by atoms with Crippen molar-refractivity contribution in [1.82, 2.24) is 24.9 Å². The van der Waals surface area contributed by atoms with Gasteiger partial charge in [0.25, 0.3) is 0 Å². The number of aryl methyl sites for hydroxylation is 3. The van der Waals surface area contributed by atoms with E-state index in [0.717, 1.165) is 135 Å². The maximum Gasteiger partial charge on any atom is 0.161 e. The van der Waals surface area contributed by atoms with Crippen LogP contribution in [-0.4, -0.2) is 24.9 Å². The van der Waals surface area contributed by atoms with Gasteiger partial charge in [-0.1, -0.05) is 212 Å². The van der Waals surface area contributed by atoms with Crippen LogP contribution in [0.4, 0.5) is 17.3 Å². The highest BCUT2D eigenvalue weighted by Gasteiger charge is 2.22. The van der Waals surface area contributed by atoms with Crippen molar-refractivity contribution >= 4 is 17.3 Å². The summed E-state index contributed by atoms with van der Waals surface area (Å²) in [6.45, 7) is 6.45. The highest BCUT2D eigenvalue weighted by atomic mass is 15.3. The number of anilines is 3. The molecule has 6 nitrogen and oxygen atoms in total. The number of pyridine rings is 3. The van der Waals surface area contributed by atoms with Crippen LogP contribution in [-0.2, 0) is 0 Å². The Bertz CT molecular complexity index is 4220. The van der Waals surface area contributed by atoms with E-state index in [4.69, 9.17) is 15.0 Å². The second-order valence-electron chi connectivity index (χ2n) is 20.7. The number of rotatable bonds is 13. The fourth-order valence-corrected chi connectivity index (χ4v) is 11.4. The van der Waals surface area contributed by atoms with Crippen molar-refractivity contribution in [3.63, 3.8) is 0 Å². The standard InChI is InChI=1S/C76H56N6/c1-51-46-52(2)75(53(3)47-51)82(73-29-17-28-72(80-73)57-18-5-4-6-19-57)74-42-45-79-76(81-74)60-40-34-56(35-41-60)66-22-9-12-25-69(66)63-49-61(67-23-10-7-20-64(67)54-30-36-58(37-31-54)70-26-13-15-43-77-70)48-62(50-63)68-24-11-8-21-65(68)55-32-38-59(39-33-55)71-27-14-16-44-78-71/h4-50H,1-3H3. The average molecular weight is 1050 g/mol. The molecule has 0 fully saturated rings. The van der Waals surface area contributed by atoms with Crippen LogP contribution < -0.4 is 4.90 Å². The van der Waals surface area contributed by atoms with Crippen LogP contribution in [0.1, 0.15) is 16.7 Å². The summed E-state index contributed by atoms with van der Waals surface area (Å²) in [6.07, 6.45) is 5.53. The van der Waals surface area contributed by atoms with Crippen molar-refractivity contribution in [2.24, 2.45) is 0 Å². The van der Waals surface area contributed by atoms with Gasteiger partial charge in [-0.15, -0.1) is 0 Å². The molecule has 0 N–H and O–H groups in total. The molecule has 0 aliphatic carbocycles. The Kier molecular flexibility index (Phi) is 14.0. The van der Waals surface area contributed by atoms with E-state index in [2.05, 4.69) is 254 Å². The molecule has 0 aliphatic heterocycles. The van der Waals surface area contributed by atoms with Crippen LogP contribution in [0, 0.1) is 20.8 Å². The summed E-state index contributed by atoms with van der Waals surface area (Å²) in [6, 6.07) is 94.4. The van der Waals surface area contributed by atoms with Gasteiger partial charge in [0.2, 0.25) is 0 Å². The molecule has 9 aromatic carbocycles. The Balaban J connectivity index is 0.898. The quantitative estimate of drug-likeness (QED) is 0.115. The van der Waals surface area contributed by atoms with Crippen LogP contribution in [0.25, 0.3) is 112 Å². The highest BCUT2D eigenvalue weighted by molar-refractivity contribution is 5.95. The Morgan fingerprint density at radius 2 is 0.634 bits per heavy atom. The van der Waals surface area contributed by atoms with Crippen LogP contribution in [0.3, 0.4) is 0 Å². The molecule has 4 aromatic heterocycles. The van der Waals surface area contributed by atoms with E-state index in [1.54, 1.807) is 0 Å². The first-order valence-electron chi connectivity index (χ1n) is 27.7. The molecule has 4 heterocycles. The van der Waals surface area contributed by atoms with Gasteiger partial charge < -0.3 is 0 Å². The molecule has 13 aromatic rings. The van der Waals surface area contributed by atoms with E-state index < -0.39 is 0 Å². The predicted octanol–water partition coefficient (Wildman–Crippen LogP) is 19.7. The van der Waals surface area contributed by atoms with Gasteiger partial charge in [-0.25, -0.2) is 15.0 Å². The minimum Gasteiger partial charge on any atom is -0.278 e. The summed E-state index contributed by atoms with van der Waals surface area (Å²) in [5.74, 6) is 2.13. The lowest BCUT2D eigenvalue weighted by Crippen LogP contribution is -2.16. The molecule has 0 bridgehead atoms. The van der Waals surface area contributed by atoms with Crippen molar-refractivity contribution in [3.05, 3.63) is 302 Å². The minimum absolute atomic E-state index is 0.622. The maximum absolute atomic E-state index is 5.31. The lowest BCUT2D eigenvalue weighted by Gasteiger charge is -2.27. The van der Waals surface area contributed by atoms with Gasteiger partial charge >= 0.3 is 0 Å². The van der Waals surface area contributed by atoms with Gasteiger partial charge in [0.15, 0.2) is 5.82 Å². The molecular weight excluding hydrogens is 997 g/mol. The summed E-state index contributed by atoms with van der Waals surface area (Å²) in [4.78, 5) is 26.8. The van der Waals surface area contributed by atoms with E-state index >= 15 is 0 Å². The van der Waals surface area contributed by atoms with Crippen molar-refractivity contribution in [1.29, 1.82) is 0 Å². The molecule has 0 saturated heterocycles. The normalized spacial score (nSPS) is 11.1. The third kappa shape index (κ3) is 10.4. The first-order valence-corrected chi connectivity index (χ1v) is 27.7. The summed E-state index contributed by atoms with van der Waals surface area (Å²) in [5.41, 5.74) is 24.9. The first kappa shape index (κ1) is 50.8. The third-order valence-electron chi connectivity index (χ3n) is 15.2. The fraction of sp³-hybridized carbons (Fsp3) is 0.0395. The second kappa shape index (κ2) is 22.6. The average Bonchev–Trinajstić information content (AvgIpc) is 3.51. The topological polar surface area (TPSA) is 67.7 Å². The van der Waals surface area contributed by atoms with Gasteiger partial charge in [0.05, 0.1) is 22.8 Å². The summed E-state index contributed by atoms with van der Waals surface area (Å²) in [5, 5.41) is 0. The van der Waals surface area contributed by atoms with Crippen molar-refractivity contribution in [3.8, 4) is 112 Å². The summed E-state index contributed by atoms with van der Waals surface area (Å²) < 4.78 is 0. The second-order valence-corrected chi connectivity index (χ2v) is 20.7. The number of aromatic nitrogens is 5. The maximum atomic E-state index is 5.31. The van der Waals surface area contributed by atoms with E-state index in [0.29, 0.717) is 5.82 Å². The van der Waals surface area contributed by atoms with Gasteiger partial charge in [-0.05, 0) is 159 Å². The summed E-state index contributed by atoms with van der Waals surface area (Å²) in [7, 11) is 0. The van der Waals surface area contributed by atoms with E-state index in [9.17, 15) is 0 Å². The molecule has 0 saturated carbocycles. The molecule has 6 heteroatoms. The SMILES string of the molecule is Cc1cc(C)c(N(c2cccc(-c3ccccc3)n2)c2ccnc(-c3ccc(-c4ccccc4-c4cc(-c5ccccc5-c5ccc(-c6ccccn6)cc5)cc(-c5ccccc5-c5ccc(-c6ccccn6)cc5)c4)cc3)n2)c(C)c1. The summed E-state index contributed by atoms with van der Waals surface area (Å²) >= 11 is 0. The lowest BCUT2D eigenvalue weighted by atomic mass is 9.86. The molecule has 13 rings (SSSR count). The number of nitrogens with zero attached hydrogens (tertiary/aromatic N) is 6. The van der Waals surface area contributed by atoms with E-state index in [1.807, 2.05) is 67.1 Å². The van der Waals surface area contributed by atoms with E-state index in [-0.39, 0.29) is 0 Å². The lowest BCUT2D eigenvalue weighted by molar-refractivity contribution is 1.07. The Hall–Kier alpha value is -10.7. The van der Waals surface area contributed by atoms with Crippen LogP contribution >= 0.6 is 0 Å². The van der Waals surface area contributed by atoms with Gasteiger partial charge in [-0.2, -0.15) is 0 Å².